The van der Waals surface area contributed by atoms with E-state index in [-0.39, 0.29) is 0 Å². The molecule has 0 aromatic heterocycles. The molecule has 1 atom stereocenters. The molecule has 0 amide bonds. The second-order valence-electron chi connectivity index (χ2n) is 4.71. The lowest BCUT2D eigenvalue weighted by molar-refractivity contribution is 0.0381. The van der Waals surface area contributed by atoms with Gasteiger partial charge in [-0.25, -0.2) is 0 Å². The van der Waals surface area contributed by atoms with Crippen molar-refractivity contribution >= 4 is 15.9 Å². The molecule has 18 heavy (non-hydrogen) atoms. The van der Waals surface area contributed by atoms with Gasteiger partial charge in [0.15, 0.2) is 0 Å². The Labute approximate surface area is 117 Å². The van der Waals surface area contributed by atoms with E-state index in [2.05, 4.69) is 15.9 Å². The predicted molar refractivity (Wildman–Crippen MR) is 75.7 cm³/mol. The van der Waals surface area contributed by atoms with E-state index in [4.69, 9.17) is 15.2 Å². The van der Waals surface area contributed by atoms with Crippen LogP contribution in [-0.2, 0) is 4.74 Å². The zero-order valence-electron chi connectivity index (χ0n) is 10.5. The van der Waals surface area contributed by atoms with Gasteiger partial charge in [-0.3, -0.25) is 0 Å². The number of halogens is 1. The minimum absolute atomic E-state index is 0.424. The predicted octanol–water partition coefficient (Wildman–Crippen LogP) is 2.83. The summed E-state index contributed by atoms with van der Waals surface area (Å²) in [5.74, 6) is 1.96. The van der Waals surface area contributed by atoms with Crippen molar-refractivity contribution in [2.24, 2.45) is 17.6 Å². The monoisotopic (exact) mass is 313 g/mol. The molecule has 1 heterocycles. The lowest BCUT2D eigenvalue weighted by Gasteiger charge is -2.29. The summed E-state index contributed by atoms with van der Waals surface area (Å²) in [5, 5.41) is 0. The van der Waals surface area contributed by atoms with Gasteiger partial charge in [-0.05, 0) is 43.5 Å². The van der Waals surface area contributed by atoms with E-state index in [1.54, 1.807) is 0 Å². The Balaban J connectivity index is 1.86. The van der Waals surface area contributed by atoms with E-state index in [9.17, 15) is 0 Å². The van der Waals surface area contributed by atoms with Crippen LogP contribution in [0.15, 0.2) is 28.7 Å². The van der Waals surface area contributed by atoms with Crippen molar-refractivity contribution in [1.82, 2.24) is 0 Å². The van der Waals surface area contributed by atoms with E-state index in [1.807, 2.05) is 24.3 Å². The molecule has 100 valence electrons. The molecule has 0 radical (unpaired) electrons. The molecule has 2 rings (SSSR count). The van der Waals surface area contributed by atoms with Gasteiger partial charge in [-0.15, -0.1) is 0 Å². The largest absolute Gasteiger partial charge is 0.493 e. The third-order valence-corrected chi connectivity index (χ3v) is 3.99. The van der Waals surface area contributed by atoms with Crippen LogP contribution in [0, 0.1) is 11.8 Å². The zero-order valence-corrected chi connectivity index (χ0v) is 12.1. The molecule has 1 aliphatic heterocycles. The maximum Gasteiger partial charge on any atom is 0.120 e. The summed E-state index contributed by atoms with van der Waals surface area (Å²) in [6, 6.07) is 7.93. The summed E-state index contributed by atoms with van der Waals surface area (Å²) in [6.45, 7) is 3.09. The molecule has 0 saturated carbocycles. The van der Waals surface area contributed by atoms with Crippen LogP contribution in [0.3, 0.4) is 0 Å². The van der Waals surface area contributed by atoms with Gasteiger partial charge < -0.3 is 15.2 Å². The fourth-order valence-corrected chi connectivity index (χ4v) is 2.72. The number of ether oxygens (including phenoxy) is 2. The highest BCUT2D eigenvalue weighted by Crippen LogP contribution is 2.25. The van der Waals surface area contributed by atoms with E-state index in [1.165, 1.54) is 0 Å². The fraction of sp³-hybridized carbons (Fsp3) is 0.571. The third kappa shape index (κ3) is 3.97. The molecule has 4 heteroatoms. The Morgan fingerprint density at radius 3 is 2.83 bits per heavy atom. The van der Waals surface area contributed by atoms with E-state index < -0.39 is 0 Å². The van der Waals surface area contributed by atoms with Crippen LogP contribution in [0.4, 0.5) is 0 Å². The molecule has 0 bridgehead atoms. The second-order valence-corrected chi connectivity index (χ2v) is 5.63. The third-order valence-electron chi connectivity index (χ3n) is 3.50. The first-order valence-electron chi connectivity index (χ1n) is 6.46. The molecular formula is C14H20BrNO2. The van der Waals surface area contributed by atoms with Crippen LogP contribution in [0.5, 0.6) is 5.75 Å². The SMILES string of the molecule is NCC(COc1cccc(Br)c1)C1CCOCC1. The quantitative estimate of drug-likeness (QED) is 0.909. The van der Waals surface area contributed by atoms with Crippen molar-refractivity contribution in [3.8, 4) is 5.75 Å². The molecule has 0 aliphatic carbocycles. The van der Waals surface area contributed by atoms with Crippen LogP contribution in [0.2, 0.25) is 0 Å². The number of rotatable bonds is 5. The molecular weight excluding hydrogens is 294 g/mol. The standard InChI is InChI=1S/C14H20BrNO2/c15-13-2-1-3-14(8-13)18-10-12(9-16)11-4-6-17-7-5-11/h1-3,8,11-12H,4-7,9-10,16H2. The maximum atomic E-state index is 5.87. The van der Waals surface area contributed by atoms with Gasteiger partial charge in [0.2, 0.25) is 0 Å². The molecule has 1 fully saturated rings. The first-order valence-corrected chi connectivity index (χ1v) is 7.25. The first-order chi connectivity index (χ1) is 8.79. The van der Waals surface area contributed by atoms with Gasteiger partial charge in [-0.1, -0.05) is 22.0 Å². The first kappa shape index (κ1) is 13.8. The summed E-state index contributed by atoms with van der Waals surface area (Å²) in [6.07, 6.45) is 2.20. The van der Waals surface area contributed by atoms with Crippen LogP contribution in [0.1, 0.15) is 12.8 Å². The van der Waals surface area contributed by atoms with Gasteiger partial charge in [0.05, 0.1) is 6.61 Å². The molecule has 0 spiro atoms. The Morgan fingerprint density at radius 1 is 1.39 bits per heavy atom. The van der Waals surface area contributed by atoms with Crippen LogP contribution in [0.25, 0.3) is 0 Å². The Hall–Kier alpha value is -0.580. The molecule has 1 aliphatic rings. The highest BCUT2D eigenvalue weighted by molar-refractivity contribution is 9.10. The Bertz CT molecular complexity index is 367. The van der Waals surface area contributed by atoms with Gasteiger partial charge in [0.25, 0.3) is 0 Å². The normalized spacial score (nSPS) is 18.6. The summed E-state index contributed by atoms with van der Waals surface area (Å²) in [4.78, 5) is 0. The molecule has 1 saturated heterocycles. The molecule has 2 N–H and O–H groups in total. The molecule has 1 aromatic carbocycles. The molecule has 1 unspecified atom stereocenters. The van der Waals surface area contributed by atoms with Crippen molar-refractivity contribution in [1.29, 1.82) is 0 Å². The van der Waals surface area contributed by atoms with Crippen molar-refractivity contribution in [2.45, 2.75) is 12.8 Å². The van der Waals surface area contributed by atoms with E-state index >= 15 is 0 Å². The number of nitrogens with two attached hydrogens (primary N) is 1. The van der Waals surface area contributed by atoms with E-state index in [0.717, 1.165) is 36.3 Å². The fourth-order valence-electron chi connectivity index (χ4n) is 2.34. The molecule has 1 aromatic rings. The van der Waals surface area contributed by atoms with E-state index in [0.29, 0.717) is 25.0 Å². The van der Waals surface area contributed by atoms with Crippen molar-refractivity contribution < 1.29 is 9.47 Å². The number of benzene rings is 1. The van der Waals surface area contributed by atoms with Crippen molar-refractivity contribution in [3.63, 3.8) is 0 Å². The van der Waals surface area contributed by atoms with Gasteiger partial charge in [-0.2, -0.15) is 0 Å². The maximum absolute atomic E-state index is 5.87. The van der Waals surface area contributed by atoms with Crippen LogP contribution < -0.4 is 10.5 Å². The highest BCUT2D eigenvalue weighted by Gasteiger charge is 2.23. The summed E-state index contributed by atoms with van der Waals surface area (Å²) in [7, 11) is 0. The van der Waals surface area contributed by atoms with Crippen LogP contribution >= 0.6 is 15.9 Å². The number of hydrogen-bond acceptors (Lipinski definition) is 3. The zero-order chi connectivity index (χ0) is 12.8. The lowest BCUT2D eigenvalue weighted by Crippen LogP contribution is -2.32. The topological polar surface area (TPSA) is 44.5 Å². The minimum Gasteiger partial charge on any atom is -0.493 e. The van der Waals surface area contributed by atoms with Crippen molar-refractivity contribution in [3.05, 3.63) is 28.7 Å². The lowest BCUT2D eigenvalue weighted by atomic mass is 9.86. The van der Waals surface area contributed by atoms with Crippen LogP contribution in [-0.4, -0.2) is 26.4 Å². The van der Waals surface area contributed by atoms with Gasteiger partial charge in [0.1, 0.15) is 5.75 Å². The average Bonchev–Trinajstić information content (AvgIpc) is 2.41. The summed E-state index contributed by atoms with van der Waals surface area (Å²) < 4.78 is 12.3. The Morgan fingerprint density at radius 2 is 2.17 bits per heavy atom. The minimum atomic E-state index is 0.424. The van der Waals surface area contributed by atoms with Gasteiger partial charge in [0, 0.05) is 23.6 Å². The summed E-state index contributed by atoms with van der Waals surface area (Å²) in [5.41, 5.74) is 5.87. The number of hydrogen-bond donors (Lipinski definition) is 1. The average molecular weight is 314 g/mol. The smallest absolute Gasteiger partial charge is 0.120 e. The second kappa shape index (κ2) is 7.12. The highest BCUT2D eigenvalue weighted by atomic mass is 79.9. The molecule has 3 nitrogen and oxygen atoms in total. The Kier molecular flexibility index (Phi) is 5.47. The summed E-state index contributed by atoms with van der Waals surface area (Å²) >= 11 is 3.44. The van der Waals surface area contributed by atoms with Gasteiger partial charge >= 0.3 is 0 Å². The van der Waals surface area contributed by atoms with Crippen molar-refractivity contribution in [2.75, 3.05) is 26.4 Å².